The summed E-state index contributed by atoms with van der Waals surface area (Å²) in [6, 6.07) is 7.94. The van der Waals surface area contributed by atoms with Gasteiger partial charge in [-0.2, -0.15) is 0 Å². The first-order valence-electron chi connectivity index (χ1n) is 2.89. The van der Waals surface area contributed by atoms with E-state index in [2.05, 4.69) is 0 Å². The number of hydrogen-bond acceptors (Lipinski definition) is 1. The molecular formula is C7H7BOPb. The number of fused-ring (bicyclic) bond motifs is 1. The fourth-order valence-corrected chi connectivity index (χ4v) is 0.906. The Morgan fingerprint density at radius 1 is 1.20 bits per heavy atom. The summed E-state index contributed by atoms with van der Waals surface area (Å²) in [5.41, 5.74) is 0.956. The molecule has 1 heterocycles. The average molecular weight is 325 g/mol. The Kier molecular flexibility index (Phi) is 2.65. The van der Waals surface area contributed by atoms with Crippen LogP contribution in [-0.4, -0.2) is 34.4 Å². The van der Waals surface area contributed by atoms with E-state index in [1.165, 1.54) is 0 Å². The van der Waals surface area contributed by atoms with Crippen LogP contribution in [0.1, 0.15) is 0 Å². The number of benzene rings is 1. The van der Waals surface area contributed by atoms with Crippen molar-refractivity contribution in [2.24, 2.45) is 0 Å². The molecule has 10 heavy (non-hydrogen) atoms. The second kappa shape index (κ2) is 3.32. The van der Waals surface area contributed by atoms with Crippen molar-refractivity contribution in [2.75, 3.05) is 0 Å². The summed E-state index contributed by atoms with van der Waals surface area (Å²) in [6.45, 7) is 0. The Balaban J connectivity index is 0.000000500. The van der Waals surface area contributed by atoms with Gasteiger partial charge in [-0.25, -0.2) is 0 Å². The van der Waals surface area contributed by atoms with Gasteiger partial charge < -0.3 is 0 Å². The van der Waals surface area contributed by atoms with Gasteiger partial charge in [0, 0.05) is 0 Å². The van der Waals surface area contributed by atoms with E-state index in [4.69, 9.17) is 4.33 Å². The summed E-state index contributed by atoms with van der Waals surface area (Å²) in [7, 11) is 1.70. The fourth-order valence-electron chi connectivity index (χ4n) is 0.906. The van der Waals surface area contributed by atoms with Crippen LogP contribution in [0.25, 0.3) is 11.0 Å². The van der Waals surface area contributed by atoms with Crippen LogP contribution in [0.2, 0.25) is 0 Å². The van der Waals surface area contributed by atoms with E-state index in [1.807, 2.05) is 30.2 Å². The van der Waals surface area contributed by atoms with Crippen molar-refractivity contribution in [1.29, 1.82) is 0 Å². The van der Waals surface area contributed by atoms with Crippen LogP contribution >= 0.6 is 0 Å². The van der Waals surface area contributed by atoms with Crippen LogP contribution in [0.5, 0.6) is 0 Å². The summed E-state index contributed by atoms with van der Waals surface area (Å²) < 4.78 is 5.12. The molecule has 1 aromatic heterocycles. The summed E-state index contributed by atoms with van der Waals surface area (Å²) in [6.07, 6.45) is 0. The molecule has 0 N–H and O–H groups in total. The first-order chi connectivity index (χ1) is 4.47. The van der Waals surface area contributed by atoms with Crippen LogP contribution in [0.3, 0.4) is 0 Å². The van der Waals surface area contributed by atoms with Gasteiger partial charge in [0.1, 0.15) is 0 Å². The van der Waals surface area contributed by atoms with Gasteiger partial charge in [-0.3, -0.25) is 0 Å². The summed E-state index contributed by atoms with van der Waals surface area (Å²) in [4.78, 5) is 0. The van der Waals surface area contributed by atoms with Crippen molar-refractivity contribution in [1.82, 2.24) is 0 Å². The van der Waals surface area contributed by atoms with E-state index in [9.17, 15) is 0 Å². The van der Waals surface area contributed by atoms with Gasteiger partial charge in [0.2, 0.25) is 0 Å². The van der Waals surface area contributed by atoms with Gasteiger partial charge in [0.25, 0.3) is 0 Å². The van der Waals surface area contributed by atoms with E-state index in [1.54, 1.807) is 7.13 Å². The van der Waals surface area contributed by atoms with E-state index in [0.29, 0.717) is 0 Å². The van der Waals surface area contributed by atoms with Crippen LogP contribution in [0, 0.1) is 0 Å². The molecular weight excluding hydrogens is 318 g/mol. The van der Waals surface area contributed by atoms with Gasteiger partial charge in [0.05, 0.1) is 0 Å². The normalized spacial score (nSPS) is 8.80. The molecule has 2 radical (unpaired) electrons. The monoisotopic (exact) mass is 326 g/mol. The molecule has 0 saturated heterocycles. The molecule has 3 heteroatoms. The number of hydrogen-bond donors (Lipinski definition) is 0. The van der Waals surface area contributed by atoms with Crippen molar-refractivity contribution >= 4 is 45.4 Å². The topological polar surface area (TPSA) is 13.1 Å². The summed E-state index contributed by atoms with van der Waals surface area (Å²) in [5, 5.41) is 1.16. The maximum atomic E-state index is 5.12. The molecule has 0 amide bonds. The minimum atomic E-state index is 0. The number of para-hydroxylation sites is 1. The second-order valence-corrected chi connectivity index (χ2v) is 1.96. The first-order valence-corrected chi connectivity index (χ1v) is 2.89. The van der Waals surface area contributed by atoms with E-state index < -0.39 is 0 Å². The predicted molar refractivity (Wildman–Crippen MR) is 46.1 cm³/mol. The Morgan fingerprint density at radius 3 is 2.80 bits per heavy atom. The number of rotatable bonds is 0. The summed E-state index contributed by atoms with van der Waals surface area (Å²) in [5.74, 6) is 1.95. The molecule has 48 valence electrons. The van der Waals surface area contributed by atoms with Crippen molar-refractivity contribution in [3.8, 4) is 0 Å². The van der Waals surface area contributed by atoms with Crippen molar-refractivity contribution < 1.29 is 4.33 Å². The van der Waals surface area contributed by atoms with Crippen molar-refractivity contribution in [2.45, 2.75) is 0 Å². The molecule has 0 aliphatic carbocycles. The van der Waals surface area contributed by atoms with Crippen LogP contribution in [0.4, 0.5) is 0 Å². The molecule has 0 aliphatic heterocycles. The van der Waals surface area contributed by atoms with Crippen LogP contribution in [-0.2, 0) is 0 Å². The fraction of sp³-hybridized carbons (Fsp3) is 0. The van der Waals surface area contributed by atoms with E-state index in [0.717, 1.165) is 11.0 Å². The van der Waals surface area contributed by atoms with Gasteiger partial charge in [-0.05, 0) is 0 Å². The van der Waals surface area contributed by atoms with Crippen molar-refractivity contribution in [3.63, 3.8) is 0 Å². The van der Waals surface area contributed by atoms with Crippen LogP contribution < -0.4 is 0 Å². The predicted octanol–water partition coefficient (Wildman–Crippen LogP) is 0.855. The molecule has 1 nitrogen and oxygen atoms in total. The van der Waals surface area contributed by atoms with Gasteiger partial charge in [-0.1, -0.05) is 0 Å². The Bertz CT molecular complexity index is 288. The zero-order valence-electron chi connectivity index (χ0n) is 5.58. The molecule has 0 atom stereocenters. The van der Waals surface area contributed by atoms with Gasteiger partial charge in [0.15, 0.2) is 0 Å². The molecule has 0 fully saturated rings. The van der Waals surface area contributed by atoms with Crippen LogP contribution in [0.15, 0.2) is 34.6 Å². The third kappa shape index (κ3) is 1.31. The molecule has 2 rings (SSSR count). The molecule has 0 spiro atoms. The third-order valence-corrected chi connectivity index (χ3v) is 1.36. The third-order valence-electron chi connectivity index (χ3n) is 1.36. The van der Waals surface area contributed by atoms with Gasteiger partial charge >= 0.3 is 80.0 Å². The average Bonchev–Trinajstić information content (AvgIpc) is 2.33. The Morgan fingerprint density at radius 2 is 2.00 bits per heavy atom. The molecule has 0 saturated carbocycles. The van der Waals surface area contributed by atoms with E-state index >= 15 is 0 Å². The zero-order valence-corrected chi connectivity index (χ0v) is 11.1. The molecule has 0 bridgehead atoms. The summed E-state index contributed by atoms with van der Waals surface area (Å²) >= 11 is 0. The quantitative estimate of drug-likeness (QED) is 0.655. The molecule has 0 unspecified atom stereocenters. The SMILES string of the molecule is [PbH2].b1cc2ccccc2o1. The van der Waals surface area contributed by atoms with Gasteiger partial charge in [-0.15, -0.1) is 0 Å². The van der Waals surface area contributed by atoms with E-state index in [-0.39, 0.29) is 27.3 Å². The Labute approximate surface area is 79.8 Å². The molecule has 2 aromatic rings. The first kappa shape index (κ1) is 7.98. The minimum absolute atomic E-state index is 0. The Hall–Kier alpha value is -0.123. The standard InChI is InChI=1S/C7H5BO.Pb.2H/c1-2-4-7-6(3-1)5-8-9-7;;;/h1-5H;;;. The van der Waals surface area contributed by atoms with Crippen molar-refractivity contribution in [3.05, 3.63) is 30.2 Å². The zero-order chi connectivity index (χ0) is 6.10. The molecule has 0 aliphatic rings. The molecule has 1 aromatic carbocycles. The second-order valence-electron chi connectivity index (χ2n) is 1.96. The maximum absolute atomic E-state index is 5.12.